The van der Waals surface area contributed by atoms with Crippen molar-refractivity contribution in [3.8, 4) is 0 Å². The molecule has 0 radical (unpaired) electrons. The highest BCUT2D eigenvalue weighted by Crippen LogP contribution is 2.25. The summed E-state index contributed by atoms with van der Waals surface area (Å²) in [5, 5.41) is 13.8. The molecule has 0 aromatic carbocycles. The lowest BCUT2D eigenvalue weighted by Gasteiger charge is -2.32. The summed E-state index contributed by atoms with van der Waals surface area (Å²) in [6.45, 7) is 4.26. The van der Waals surface area contributed by atoms with E-state index in [4.69, 9.17) is 11.5 Å². The summed E-state index contributed by atoms with van der Waals surface area (Å²) in [6, 6.07) is 1.12. The van der Waals surface area contributed by atoms with Crippen molar-refractivity contribution in [3.63, 3.8) is 0 Å². The number of carbonyl (C=O) groups is 1. The fourth-order valence-corrected chi connectivity index (χ4v) is 1.86. The van der Waals surface area contributed by atoms with E-state index < -0.39 is 16.4 Å². The van der Waals surface area contributed by atoms with E-state index >= 15 is 0 Å². The fraction of sp³-hybridized carbons (Fsp3) is 0.500. The Balaban J connectivity index is 3.24. The second-order valence-electron chi connectivity index (χ2n) is 4.53. The van der Waals surface area contributed by atoms with E-state index in [9.17, 15) is 14.9 Å². The highest BCUT2D eigenvalue weighted by Gasteiger charge is 2.27. The van der Waals surface area contributed by atoms with Crippen LogP contribution in [0.4, 0.5) is 11.5 Å². The van der Waals surface area contributed by atoms with Gasteiger partial charge in [0.15, 0.2) is 0 Å². The van der Waals surface area contributed by atoms with Gasteiger partial charge in [-0.2, -0.15) is 0 Å². The van der Waals surface area contributed by atoms with Crippen LogP contribution in [0.3, 0.4) is 0 Å². The summed E-state index contributed by atoms with van der Waals surface area (Å²) in [5.41, 5.74) is 10.3. The minimum absolute atomic E-state index is 0.0149. The number of primary amides is 1. The van der Waals surface area contributed by atoms with Crippen LogP contribution in [0.5, 0.6) is 0 Å². The Morgan fingerprint density at radius 1 is 1.50 bits per heavy atom. The van der Waals surface area contributed by atoms with Crippen molar-refractivity contribution in [3.05, 3.63) is 27.9 Å². The molecule has 1 aromatic heterocycles. The van der Waals surface area contributed by atoms with Crippen LogP contribution in [0.15, 0.2) is 12.3 Å². The van der Waals surface area contributed by atoms with Gasteiger partial charge in [-0.15, -0.1) is 0 Å². The molecule has 0 atom stereocenters. The zero-order chi connectivity index (χ0) is 15.3. The standard InChI is InChI=1S/C12H19N5O3/c1-3-12(4-2,7-13)16-11-9(10(14)18)5-8(6-15-11)17(19)20/h5-6H,3-4,7,13H2,1-2H3,(H2,14,18)(H,15,16). The average molecular weight is 281 g/mol. The molecule has 1 amide bonds. The van der Waals surface area contributed by atoms with Gasteiger partial charge < -0.3 is 16.8 Å². The normalized spacial score (nSPS) is 11.2. The van der Waals surface area contributed by atoms with E-state index in [1.165, 1.54) is 0 Å². The number of nitrogens with zero attached hydrogens (tertiary/aromatic N) is 2. The molecular weight excluding hydrogens is 262 g/mol. The van der Waals surface area contributed by atoms with Crippen LogP contribution < -0.4 is 16.8 Å². The maximum atomic E-state index is 11.4. The number of hydrogen-bond acceptors (Lipinski definition) is 6. The zero-order valence-electron chi connectivity index (χ0n) is 11.5. The molecule has 20 heavy (non-hydrogen) atoms. The Morgan fingerprint density at radius 2 is 2.10 bits per heavy atom. The van der Waals surface area contributed by atoms with E-state index in [0.29, 0.717) is 6.54 Å². The predicted molar refractivity (Wildman–Crippen MR) is 75.4 cm³/mol. The molecule has 0 aliphatic carbocycles. The molecule has 8 nitrogen and oxygen atoms in total. The number of anilines is 1. The molecule has 8 heteroatoms. The number of amides is 1. The average Bonchev–Trinajstić information content (AvgIpc) is 2.44. The Kier molecular flexibility index (Phi) is 4.98. The number of nitrogens with two attached hydrogens (primary N) is 2. The molecule has 0 aliphatic rings. The van der Waals surface area contributed by atoms with Crippen LogP contribution in [-0.4, -0.2) is 27.9 Å². The lowest BCUT2D eigenvalue weighted by Crippen LogP contribution is -2.45. The van der Waals surface area contributed by atoms with Gasteiger partial charge >= 0.3 is 0 Å². The third-order valence-corrected chi connectivity index (χ3v) is 3.48. The molecule has 0 aliphatic heterocycles. The van der Waals surface area contributed by atoms with E-state index in [1.54, 1.807) is 0 Å². The summed E-state index contributed by atoms with van der Waals surface area (Å²) in [7, 11) is 0. The van der Waals surface area contributed by atoms with Crippen LogP contribution in [0.2, 0.25) is 0 Å². The number of pyridine rings is 1. The molecule has 1 aromatic rings. The van der Waals surface area contributed by atoms with Gasteiger partial charge in [0, 0.05) is 12.6 Å². The molecule has 1 rings (SSSR count). The maximum absolute atomic E-state index is 11.4. The van der Waals surface area contributed by atoms with E-state index in [1.807, 2.05) is 13.8 Å². The second kappa shape index (κ2) is 6.29. The van der Waals surface area contributed by atoms with Crippen molar-refractivity contribution >= 4 is 17.4 Å². The molecule has 1 heterocycles. The van der Waals surface area contributed by atoms with Gasteiger partial charge in [0.2, 0.25) is 0 Å². The van der Waals surface area contributed by atoms with Gasteiger partial charge in [-0.1, -0.05) is 13.8 Å². The zero-order valence-corrected chi connectivity index (χ0v) is 11.5. The third-order valence-electron chi connectivity index (χ3n) is 3.48. The number of carbonyl (C=O) groups excluding carboxylic acids is 1. The van der Waals surface area contributed by atoms with E-state index in [-0.39, 0.29) is 17.1 Å². The maximum Gasteiger partial charge on any atom is 0.288 e. The number of nitro groups is 1. The van der Waals surface area contributed by atoms with Crippen molar-refractivity contribution in [2.75, 3.05) is 11.9 Å². The first-order valence-electron chi connectivity index (χ1n) is 6.31. The lowest BCUT2D eigenvalue weighted by atomic mass is 9.92. The van der Waals surface area contributed by atoms with Gasteiger partial charge in [-0.05, 0) is 12.8 Å². The molecule has 0 unspecified atom stereocenters. The van der Waals surface area contributed by atoms with Crippen molar-refractivity contribution < 1.29 is 9.72 Å². The summed E-state index contributed by atoms with van der Waals surface area (Å²) in [5.74, 6) is -0.556. The van der Waals surface area contributed by atoms with Gasteiger partial charge in [0.1, 0.15) is 12.0 Å². The molecular formula is C12H19N5O3. The SMILES string of the molecule is CCC(CC)(CN)Nc1ncc([N+](=O)[O-])cc1C(N)=O. The monoisotopic (exact) mass is 281 g/mol. The van der Waals surface area contributed by atoms with Crippen molar-refractivity contribution in [1.29, 1.82) is 0 Å². The molecule has 0 bridgehead atoms. The van der Waals surface area contributed by atoms with Crippen LogP contribution in [-0.2, 0) is 0 Å². The van der Waals surface area contributed by atoms with Gasteiger partial charge in [-0.3, -0.25) is 14.9 Å². The first-order valence-corrected chi connectivity index (χ1v) is 6.31. The van der Waals surface area contributed by atoms with Crippen LogP contribution >= 0.6 is 0 Å². The fourth-order valence-electron chi connectivity index (χ4n) is 1.86. The summed E-state index contributed by atoms with van der Waals surface area (Å²) < 4.78 is 0. The highest BCUT2D eigenvalue weighted by atomic mass is 16.6. The Morgan fingerprint density at radius 3 is 2.50 bits per heavy atom. The topological polar surface area (TPSA) is 137 Å². The van der Waals surface area contributed by atoms with Gasteiger partial charge in [-0.25, -0.2) is 4.98 Å². The molecule has 0 saturated heterocycles. The quantitative estimate of drug-likeness (QED) is 0.504. The molecule has 110 valence electrons. The van der Waals surface area contributed by atoms with E-state index in [0.717, 1.165) is 25.1 Å². The Labute approximate surface area is 116 Å². The van der Waals surface area contributed by atoms with Crippen LogP contribution in [0, 0.1) is 10.1 Å². The minimum atomic E-state index is -0.776. The number of aromatic nitrogens is 1. The van der Waals surface area contributed by atoms with Crippen molar-refractivity contribution in [1.82, 2.24) is 4.98 Å². The largest absolute Gasteiger partial charge is 0.365 e. The number of nitrogens with one attached hydrogen (secondary N) is 1. The molecule has 0 spiro atoms. The minimum Gasteiger partial charge on any atom is -0.365 e. The lowest BCUT2D eigenvalue weighted by molar-refractivity contribution is -0.385. The third kappa shape index (κ3) is 3.21. The second-order valence-corrected chi connectivity index (χ2v) is 4.53. The smallest absolute Gasteiger partial charge is 0.288 e. The number of rotatable bonds is 7. The molecule has 0 fully saturated rings. The number of hydrogen-bond donors (Lipinski definition) is 3. The molecule has 5 N–H and O–H groups in total. The van der Waals surface area contributed by atoms with E-state index in [2.05, 4.69) is 10.3 Å². The van der Waals surface area contributed by atoms with Crippen LogP contribution in [0.25, 0.3) is 0 Å². The Hall–Kier alpha value is -2.22. The van der Waals surface area contributed by atoms with Gasteiger partial charge in [0.25, 0.3) is 11.6 Å². The first-order chi connectivity index (χ1) is 9.39. The van der Waals surface area contributed by atoms with Crippen molar-refractivity contribution in [2.45, 2.75) is 32.2 Å². The van der Waals surface area contributed by atoms with Crippen LogP contribution in [0.1, 0.15) is 37.0 Å². The van der Waals surface area contributed by atoms with Crippen molar-refractivity contribution in [2.24, 2.45) is 11.5 Å². The molecule has 0 saturated carbocycles. The van der Waals surface area contributed by atoms with Gasteiger partial charge in [0.05, 0.1) is 16.0 Å². The summed E-state index contributed by atoms with van der Waals surface area (Å²) in [6.07, 6.45) is 2.52. The summed E-state index contributed by atoms with van der Waals surface area (Å²) >= 11 is 0. The Bertz CT molecular complexity index is 506. The summed E-state index contributed by atoms with van der Waals surface area (Å²) in [4.78, 5) is 25.5. The first kappa shape index (κ1) is 15.8. The highest BCUT2D eigenvalue weighted by molar-refractivity contribution is 5.98. The predicted octanol–water partition coefficient (Wildman–Crippen LogP) is 1.02.